The molecule has 0 aliphatic heterocycles. The van der Waals surface area contributed by atoms with E-state index >= 15 is 0 Å². The van der Waals surface area contributed by atoms with E-state index in [0.29, 0.717) is 52.8 Å². The number of esters is 2. The van der Waals surface area contributed by atoms with Gasteiger partial charge in [-0.3, -0.25) is 28.6 Å². The number of hydrogen-bond acceptors (Lipinski definition) is 15. The van der Waals surface area contributed by atoms with Gasteiger partial charge in [0.2, 0.25) is 0 Å². The maximum absolute atomic E-state index is 11.0. The Morgan fingerprint density at radius 2 is 1.05 bits per heavy atom. The highest BCUT2D eigenvalue weighted by molar-refractivity contribution is 6.44. The minimum absolute atomic E-state index is 0.213. The summed E-state index contributed by atoms with van der Waals surface area (Å²) in [5.41, 5.74) is 26.5. The molecule has 424 valence electrons. The summed E-state index contributed by atoms with van der Waals surface area (Å²) in [4.78, 5) is 36.8. The van der Waals surface area contributed by atoms with Crippen LogP contribution in [0.2, 0.25) is 5.82 Å². The van der Waals surface area contributed by atoms with Crippen molar-refractivity contribution in [2.75, 3.05) is 20.0 Å². The second-order valence-electron chi connectivity index (χ2n) is 19.7. The number of anilines is 1. The average Bonchev–Trinajstić information content (AvgIpc) is 4.23. The van der Waals surface area contributed by atoms with Gasteiger partial charge in [-0.25, -0.2) is 14.6 Å². The molecule has 5 aromatic heterocycles. The van der Waals surface area contributed by atoms with Gasteiger partial charge in [-0.15, -0.1) is 0 Å². The van der Waals surface area contributed by atoms with Crippen LogP contribution in [-0.2, 0) is 35.2 Å². The normalized spacial score (nSPS) is 14.8. The number of nitrogens with two attached hydrogens (primary N) is 3. The zero-order valence-corrected chi connectivity index (χ0v) is 46.7. The number of carbonyl (C=O) groups excluding carboxylic acids is 3. The van der Waals surface area contributed by atoms with Gasteiger partial charge in [0.1, 0.15) is 23.2 Å². The van der Waals surface area contributed by atoms with Gasteiger partial charge in [0.25, 0.3) is 5.91 Å². The molecule has 1 amide bonds. The average molecular weight is 1090 g/mol. The molecule has 12 rings (SSSR count). The lowest BCUT2D eigenvalue weighted by Crippen LogP contribution is -2.14. The number of carbonyl (C=O) groups is 3. The van der Waals surface area contributed by atoms with E-state index in [0.717, 1.165) is 55.6 Å². The number of rotatable bonds is 14. The SMILES string of the molecule is CCc1cccc(CC)c1N.CCc1cccc(CC)c1N=C(N)c1ccn(C2CC2)n1.COC(=O)c1ccn(C2CC2)n1.COC(=O)c1ccn[nH]1.N#Cc1ccn(C2CC2)n1.NC(=O)c1ccn(C2CC2)n1.OB(O)C1CC1. The third kappa shape index (κ3) is 18.9. The molecular formula is C57H76BN15O7. The summed E-state index contributed by atoms with van der Waals surface area (Å²) in [6, 6.07) is 25.4. The van der Waals surface area contributed by atoms with E-state index in [9.17, 15) is 14.4 Å². The highest BCUT2D eigenvalue weighted by Crippen LogP contribution is 2.37. The number of nitrogen functional groups attached to an aromatic ring is 1. The van der Waals surface area contributed by atoms with Crippen molar-refractivity contribution in [1.82, 2.24) is 49.3 Å². The fourth-order valence-corrected chi connectivity index (χ4v) is 7.76. The van der Waals surface area contributed by atoms with E-state index in [2.05, 4.69) is 109 Å². The van der Waals surface area contributed by atoms with E-state index in [1.165, 1.54) is 94.0 Å². The Bertz CT molecular complexity index is 3090. The first-order valence-electron chi connectivity index (χ1n) is 27.4. The quantitative estimate of drug-likeness (QED) is 0.0197. The van der Waals surface area contributed by atoms with Gasteiger partial charge in [-0.2, -0.15) is 30.8 Å². The van der Waals surface area contributed by atoms with Crippen LogP contribution >= 0.6 is 0 Å². The number of para-hydroxylation sites is 2. The number of nitrogens with one attached hydrogen (secondary N) is 1. The maximum atomic E-state index is 11.0. The smallest absolute Gasteiger partial charge is 0.454 e. The van der Waals surface area contributed by atoms with Crippen LogP contribution in [-0.4, -0.2) is 104 Å². The molecule has 5 aliphatic rings. The number of nitriles is 1. The first-order valence-corrected chi connectivity index (χ1v) is 27.4. The molecule has 7 aromatic rings. The molecule has 0 saturated heterocycles. The van der Waals surface area contributed by atoms with Gasteiger partial charge in [-0.1, -0.05) is 76.9 Å². The molecule has 0 spiro atoms. The van der Waals surface area contributed by atoms with Crippen LogP contribution in [0.4, 0.5) is 11.4 Å². The van der Waals surface area contributed by atoms with Crippen molar-refractivity contribution in [2.45, 2.75) is 148 Å². The summed E-state index contributed by atoms with van der Waals surface area (Å²) < 4.78 is 16.4. The second kappa shape index (κ2) is 30.1. The Morgan fingerprint density at radius 3 is 1.41 bits per heavy atom. The molecule has 0 atom stereocenters. The third-order valence-electron chi connectivity index (χ3n) is 13.3. The van der Waals surface area contributed by atoms with Gasteiger partial charge in [0.05, 0.1) is 44.1 Å². The number of ether oxygens (including phenoxy) is 2. The molecule has 5 heterocycles. The molecular weight excluding hydrogens is 1020 g/mol. The zero-order chi connectivity index (χ0) is 57.7. The van der Waals surface area contributed by atoms with Crippen LogP contribution < -0.4 is 17.2 Å². The molecule has 5 saturated carbocycles. The van der Waals surface area contributed by atoms with E-state index in [1.807, 2.05) is 44.8 Å². The standard InChI is InChI=1S/C17H22N4.C10H15N.C8H10N2O2.C7H9N3O.C7H7N3.C5H6N2O2.C3H7BO2/c1-3-12-6-5-7-13(4-2)16(12)19-17(18)15-10-11-21(20-15)14-8-9-14;1-3-8-6-5-7-9(4-2)10(8)11;1-12-8(11)7-4-5-10(9-7)6-2-3-6;8-7(11)6-3-4-10(9-6)5-1-2-5;8-5-6-3-4-10(9-6)7-1-2-7;1-9-5(8)4-2-3-6-7-4;5-4(6)3-1-2-3/h5-7,10-11,14H,3-4,8-9H2,1-2H3,(H2,18,19);5-7H,3-4,11H2,1-2H3;4-6H,2-3H2,1H3;3-5H,1-2H2,(H2,8,11);3-4,7H,1-2H2;2-3H,1H3,(H,6,7);3,5-6H,1-2H2. The van der Waals surface area contributed by atoms with Crippen molar-refractivity contribution in [3.63, 3.8) is 0 Å². The summed E-state index contributed by atoms with van der Waals surface area (Å²) in [7, 11) is 1.65. The fourth-order valence-electron chi connectivity index (χ4n) is 7.76. The Hall–Kier alpha value is -8.36. The van der Waals surface area contributed by atoms with E-state index in [-0.39, 0.29) is 11.8 Å². The zero-order valence-electron chi connectivity index (χ0n) is 46.7. The summed E-state index contributed by atoms with van der Waals surface area (Å²) in [5.74, 6) is -0.499. The van der Waals surface area contributed by atoms with Crippen molar-refractivity contribution >= 4 is 42.2 Å². The Labute approximate surface area is 467 Å². The first-order chi connectivity index (χ1) is 38.6. The van der Waals surface area contributed by atoms with Crippen molar-refractivity contribution in [3.8, 4) is 6.07 Å². The Kier molecular flexibility index (Phi) is 22.9. The van der Waals surface area contributed by atoms with Gasteiger partial charge in [0, 0.05) is 36.7 Å². The van der Waals surface area contributed by atoms with Crippen LogP contribution in [0.3, 0.4) is 0 Å². The van der Waals surface area contributed by atoms with Crippen LogP contribution in [0.15, 0.2) is 103 Å². The van der Waals surface area contributed by atoms with Gasteiger partial charge >= 0.3 is 19.1 Å². The monoisotopic (exact) mass is 1090 g/mol. The topological polar surface area (TPSA) is 324 Å². The number of nitrogens with zero attached hydrogens (tertiary/aromatic N) is 11. The largest absolute Gasteiger partial charge is 0.464 e. The number of H-pyrrole nitrogens is 1. The van der Waals surface area contributed by atoms with Crippen molar-refractivity contribution in [3.05, 3.63) is 148 Å². The van der Waals surface area contributed by atoms with Crippen molar-refractivity contribution in [2.24, 2.45) is 16.5 Å². The number of aliphatic imine (C=N–C) groups is 1. The summed E-state index contributed by atoms with van der Waals surface area (Å²) in [6.07, 6.45) is 24.5. The van der Waals surface area contributed by atoms with E-state index < -0.39 is 19.0 Å². The number of aromatic nitrogens is 10. The highest BCUT2D eigenvalue weighted by atomic mass is 16.5. The number of amides is 1. The van der Waals surface area contributed by atoms with Crippen molar-refractivity contribution in [1.29, 1.82) is 5.26 Å². The molecule has 23 heteroatoms. The molecule has 5 fully saturated rings. The summed E-state index contributed by atoms with van der Waals surface area (Å²) >= 11 is 0. The molecule has 2 aromatic carbocycles. The highest BCUT2D eigenvalue weighted by Gasteiger charge is 2.33. The predicted octanol–water partition coefficient (Wildman–Crippen LogP) is 8.00. The number of benzene rings is 2. The number of primary amides is 1. The predicted molar refractivity (Wildman–Crippen MR) is 305 cm³/mol. The van der Waals surface area contributed by atoms with Crippen LogP contribution in [0.25, 0.3) is 0 Å². The molecule has 0 bridgehead atoms. The molecule has 0 unspecified atom stereocenters. The first kappa shape index (κ1) is 60.9. The molecule has 9 N–H and O–H groups in total. The number of hydrogen-bond donors (Lipinski definition) is 6. The molecule has 22 nitrogen and oxygen atoms in total. The lowest BCUT2D eigenvalue weighted by atomic mass is 9.84. The van der Waals surface area contributed by atoms with Gasteiger partial charge in [-0.05, 0) is 135 Å². The Balaban J connectivity index is 0.000000155. The lowest BCUT2D eigenvalue weighted by Gasteiger charge is -2.09. The minimum Gasteiger partial charge on any atom is -0.464 e. The number of aromatic amines is 1. The lowest BCUT2D eigenvalue weighted by molar-refractivity contribution is 0.0584. The van der Waals surface area contributed by atoms with Crippen molar-refractivity contribution < 1.29 is 33.9 Å². The van der Waals surface area contributed by atoms with Gasteiger partial charge < -0.3 is 36.7 Å². The summed E-state index contributed by atoms with van der Waals surface area (Å²) in [5, 5.41) is 47.6. The van der Waals surface area contributed by atoms with Crippen LogP contribution in [0, 0.1) is 11.3 Å². The number of aryl methyl sites for hydroxylation is 4. The molecule has 5 aliphatic carbocycles. The number of methoxy groups -OCH3 is 2. The van der Waals surface area contributed by atoms with E-state index in [1.54, 1.807) is 35.1 Å². The fraction of sp³-hybridized carbons (Fsp3) is 0.439. The molecule has 80 heavy (non-hydrogen) atoms. The Morgan fingerprint density at radius 1 is 0.625 bits per heavy atom. The maximum Gasteiger partial charge on any atom is 0.454 e. The summed E-state index contributed by atoms with van der Waals surface area (Å²) in [6.45, 7) is 8.55. The number of amidine groups is 1. The molecule has 0 radical (unpaired) electrons. The third-order valence-corrected chi connectivity index (χ3v) is 13.3. The second-order valence-corrected chi connectivity index (χ2v) is 19.7. The minimum atomic E-state index is -1.04. The van der Waals surface area contributed by atoms with Crippen LogP contribution in [0.5, 0.6) is 0 Å². The van der Waals surface area contributed by atoms with E-state index in [4.69, 9.17) is 32.5 Å². The van der Waals surface area contributed by atoms with Gasteiger partial charge in [0.15, 0.2) is 17.2 Å². The van der Waals surface area contributed by atoms with Crippen LogP contribution in [0.1, 0.15) is 181 Å².